The van der Waals surface area contributed by atoms with E-state index < -0.39 is 156 Å². The van der Waals surface area contributed by atoms with E-state index in [1.54, 1.807) is 0 Å². The zero-order valence-corrected chi connectivity index (χ0v) is 37.4. The first kappa shape index (κ1) is 66.3. The highest BCUT2D eigenvalue weighted by Crippen LogP contribution is 2.45. The molecule has 0 radical (unpaired) electrons. The van der Waals surface area contributed by atoms with Gasteiger partial charge in [0.25, 0.3) is 0 Å². The number of Topliss-reactive ketones (excluding diaryl/α,β-unsaturated/α-hetero) is 1. The van der Waals surface area contributed by atoms with E-state index in [9.17, 15) is 77.1 Å². The van der Waals surface area contributed by atoms with Crippen molar-refractivity contribution in [2.45, 2.75) is 83.7 Å². The van der Waals surface area contributed by atoms with Gasteiger partial charge in [0.1, 0.15) is 5.78 Å². The van der Waals surface area contributed by atoms with E-state index in [2.05, 4.69) is 14.4 Å². The Morgan fingerprint density at radius 1 is 0.493 bits per heavy atom. The maximum atomic E-state index is 12.2. The van der Waals surface area contributed by atoms with Crippen LogP contribution in [0.3, 0.4) is 0 Å². The molecule has 0 aromatic heterocycles. The number of amides is 2. The Bertz CT molecular complexity index is 1720. The highest BCUT2D eigenvalue weighted by atomic mass is 31.2. The normalized spacial score (nSPS) is 14.9. The van der Waals surface area contributed by atoms with Gasteiger partial charge in [-0.1, -0.05) is 7.43 Å². The molecule has 0 aliphatic carbocycles. The van der Waals surface area contributed by atoms with Gasteiger partial charge in [-0.05, 0) is 25.7 Å². The van der Waals surface area contributed by atoms with Crippen molar-refractivity contribution in [2.24, 2.45) is 29.2 Å². The number of nitrogens with two attached hydrogens (primary N) is 2. The molecule has 29 nitrogen and oxygen atoms in total. The Hall–Kier alpha value is -4.96. The van der Waals surface area contributed by atoms with Gasteiger partial charge >= 0.3 is 57.0 Å². The van der Waals surface area contributed by atoms with Crippen LogP contribution in [0.2, 0.25) is 0 Å². The van der Waals surface area contributed by atoms with Crippen LogP contribution in [0.5, 0.6) is 0 Å². The Labute approximate surface area is 383 Å². The molecule has 0 bridgehead atoms. The van der Waals surface area contributed by atoms with Gasteiger partial charge in [-0.25, -0.2) is 9.59 Å². The van der Waals surface area contributed by atoms with E-state index in [1.807, 2.05) is 5.32 Å². The average Bonchev–Trinajstić information content (AvgIpc) is 3.20. The molecule has 7 atom stereocenters. The number of carboxylic acids is 7. The summed E-state index contributed by atoms with van der Waals surface area (Å²) in [6.45, 7) is -0.501. The third-order valence-corrected chi connectivity index (χ3v) is 11.4. The number of carbonyl (C=O) groups is 10. The molecule has 15 N–H and O–H groups in total. The molecule has 0 spiro atoms. The molecular formula is C36H64N4O25P2. The maximum absolute atomic E-state index is 12.2. The monoisotopic (exact) mass is 1010 g/mol. The topological polar surface area (TPSA) is 500 Å². The van der Waals surface area contributed by atoms with Crippen LogP contribution in [0, 0.1) is 17.8 Å². The smallest absolute Gasteiger partial charge is 0.329 e. The second-order valence-electron chi connectivity index (χ2n) is 14.1. The van der Waals surface area contributed by atoms with Crippen LogP contribution in [-0.4, -0.2) is 182 Å². The number of hydrogen-bond donors (Lipinski definition) is 13. The lowest BCUT2D eigenvalue weighted by atomic mass is 9.95. The van der Waals surface area contributed by atoms with Crippen LogP contribution in [0.25, 0.3) is 0 Å². The molecule has 2 amide bonds. The minimum atomic E-state index is -4.69. The predicted molar refractivity (Wildman–Crippen MR) is 227 cm³/mol. The molecular weight excluding hydrogens is 950 g/mol. The van der Waals surface area contributed by atoms with Crippen molar-refractivity contribution in [3.05, 3.63) is 0 Å². The number of carboxylic acid groups (broad SMARTS) is 7. The Morgan fingerprint density at radius 2 is 0.866 bits per heavy atom. The zero-order valence-electron chi connectivity index (χ0n) is 35.6. The van der Waals surface area contributed by atoms with Crippen LogP contribution < -0.4 is 22.1 Å². The van der Waals surface area contributed by atoms with E-state index >= 15 is 0 Å². The molecule has 0 fully saturated rings. The third kappa shape index (κ3) is 35.8. The van der Waals surface area contributed by atoms with Gasteiger partial charge in [-0.15, -0.1) is 0 Å². The van der Waals surface area contributed by atoms with Crippen LogP contribution >= 0.6 is 15.2 Å². The van der Waals surface area contributed by atoms with Gasteiger partial charge in [0, 0.05) is 58.2 Å². The van der Waals surface area contributed by atoms with E-state index in [0.717, 1.165) is 0 Å². The highest BCUT2D eigenvalue weighted by molar-refractivity contribution is 7.53. The fourth-order valence-corrected chi connectivity index (χ4v) is 7.78. The summed E-state index contributed by atoms with van der Waals surface area (Å²) < 4.78 is 43.6. The first-order chi connectivity index (χ1) is 30.7. The zero-order chi connectivity index (χ0) is 51.0. The molecule has 0 aliphatic rings. The molecule has 67 heavy (non-hydrogen) atoms. The molecule has 0 saturated heterocycles. The van der Waals surface area contributed by atoms with Crippen molar-refractivity contribution in [2.75, 3.05) is 65.1 Å². The SMILES string of the molecule is C.NCCOCCC(=O)N[C@@H](COP(=O)(O)CC(CCC(=O)O)C(=O)O)C(=O)O.NCCOCCCC(=O)CC(CCC(=O)N[C@@H](COP(=O)(O)CC(CCC(=O)O)C(=O)O)C(=O)O)C(=O)O. The lowest BCUT2D eigenvalue weighted by Gasteiger charge is -2.20. The van der Waals surface area contributed by atoms with Crippen LogP contribution in [0.1, 0.15) is 71.6 Å². The minimum Gasteiger partial charge on any atom is -0.481 e. The van der Waals surface area contributed by atoms with Crippen molar-refractivity contribution >= 4 is 74.6 Å². The largest absolute Gasteiger partial charge is 0.481 e. The number of carbonyl (C=O) groups excluding carboxylic acids is 3. The Kier molecular flexibility index (Phi) is 35.8. The molecule has 0 saturated carbocycles. The van der Waals surface area contributed by atoms with Crippen molar-refractivity contribution in [1.29, 1.82) is 0 Å². The van der Waals surface area contributed by atoms with Gasteiger partial charge < -0.3 is 86.2 Å². The highest BCUT2D eigenvalue weighted by Gasteiger charge is 2.34. The summed E-state index contributed by atoms with van der Waals surface area (Å²) in [4.78, 5) is 133. The molecule has 0 rings (SSSR count). The predicted octanol–water partition coefficient (Wildman–Crippen LogP) is -1.16. The maximum Gasteiger partial charge on any atom is 0.329 e. The number of ether oxygens (including phenoxy) is 2. The van der Waals surface area contributed by atoms with Crippen molar-refractivity contribution in [3.8, 4) is 0 Å². The van der Waals surface area contributed by atoms with Gasteiger partial charge in [0.15, 0.2) is 12.1 Å². The number of aliphatic carboxylic acids is 7. The third-order valence-electron chi connectivity index (χ3n) is 8.45. The van der Waals surface area contributed by atoms with Gasteiger partial charge in [-0.2, -0.15) is 0 Å². The number of hydrogen-bond acceptors (Lipinski definition) is 18. The van der Waals surface area contributed by atoms with Crippen LogP contribution in [0.15, 0.2) is 0 Å². The molecule has 0 aliphatic heterocycles. The van der Waals surface area contributed by atoms with Crippen LogP contribution in [0.4, 0.5) is 0 Å². The number of rotatable bonds is 39. The fourth-order valence-electron chi connectivity index (χ4n) is 5.01. The van der Waals surface area contributed by atoms with E-state index in [0.29, 0.717) is 19.6 Å². The van der Waals surface area contributed by atoms with Gasteiger partial charge in [0.05, 0.1) is 63.1 Å². The minimum absolute atomic E-state index is 0. The van der Waals surface area contributed by atoms with Crippen molar-refractivity contribution in [3.63, 3.8) is 0 Å². The Morgan fingerprint density at radius 3 is 1.22 bits per heavy atom. The first-order valence-corrected chi connectivity index (χ1v) is 23.4. The van der Waals surface area contributed by atoms with Crippen molar-refractivity contribution in [1.82, 2.24) is 10.6 Å². The number of ketones is 1. The van der Waals surface area contributed by atoms with Gasteiger partial charge in [-0.3, -0.25) is 47.5 Å². The quantitative estimate of drug-likeness (QED) is 0.0255. The van der Waals surface area contributed by atoms with Gasteiger partial charge in [0.2, 0.25) is 11.8 Å². The summed E-state index contributed by atoms with van der Waals surface area (Å²) in [5, 5.41) is 67.1. The average molecular weight is 1010 g/mol. The summed E-state index contributed by atoms with van der Waals surface area (Å²) >= 11 is 0. The molecule has 0 aromatic rings. The summed E-state index contributed by atoms with van der Waals surface area (Å²) in [6, 6.07) is -3.48. The summed E-state index contributed by atoms with van der Waals surface area (Å²) in [6.07, 6.45) is -4.70. The van der Waals surface area contributed by atoms with E-state index in [4.69, 9.17) is 46.5 Å². The standard InChI is InChI=1S/C21H35N2O14P.C14H25N2O11P.CH4/c22-7-9-36-8-1-2-15(24)10-13(19(28)29)3-5-17(25)23-16(21(32)33)11-37-38(34,35)12-14(20(30)31)4-6-18(26)27;15-4-6-26-5-3-11(17)16-10(14(22)23)7-27-28(24,25)8-9(13(20)21)1-2-12(18)19;/h13-14,16H,1-12,22H2,(H,23,25)(H,26,27)(H,28,29)(H,30,31)(H,32,33)(H,34,35);9-10H,1-8,15H2,(H,16,17)(H,18,19)(H,20,21)(H,22,23)(H,24,25);1H4/t13?,14?,16-;9?,10-;/m00./s1. The van der Waals surface area contributed by atoms with Crippen molar-refractivity contribution < 1.29 is 121 Å². The molecule has 388 valence electrons. The summed E-state index contributed by atoms with van der Waals surface area (Å²) in [7, 11) is -9.25. The van der Waals surface area contributed by atoms with Crippen LogP contribution in [-0.2, 0) is 75.6 Å². The van der Waals surface area contributed by atoms with E-state index in [-0.39, 0.29) is 65.3 Å². The summed E-state index contributed by atoms with van der Waals surface area (Å²) in [5.41, 5.74) is 10.5. The molecule has 0 heterocycles. The molecule has 0 aromatic carbocycles. The molecule has 5 unspecified atom stereocenters. The second-order valence-corrected chi connectivity index (χ2v) is 17.9. The lowest BCUT2D eigenvalue weighted by molar-refractivity contribution is -0.145. The lowest BCUT2D eigenvalue weighted by Crippen LogP contribution is -2.44. The molecule has 31 heteroatoms. The second kappa shape index (κ2) is 36.1. The fraction of sp³-hybridized carbons (Fsp3) is 0.722. The summed E-state index contributed by atoms with van der Waals surface area (Å²) in [5.74, 6) is -16.3. The first-order valence-electron chi connectivity index (χ1n) is 19.8. The number of nitrogens with one attached hydrogen (secondary N) is 2. The van der Waals surface area contributed by atoms with E-state index in [1.165, 1.54) is 0 Å². The Balaban J connectivity index is -0.00000126.